The lowest BCUT2D eigenvalue weighted by Gasteiger charge is -2.07. The number of rotatable bonds is 18. The lowest BCUT2D eigenvalue weighted by atomic mass is 10.1. The zero-order valence-electron chi connectivity index (χ0n) is 33.0. The zero-order valence-corrected chi connectivity index (χ0v) is 34.6. The Balaban J connectivity index is 0.000000221. The topological polar surface area (TPSA) is 253 Å². The van der Waals surface area contributed by atoms with Crippen LogP contribution in [-0.4, -0.2) is 55.9 Å². The van der Waals surface area contributed by atoms with Crippen molar-refractivity contribution in [2.24, 2.45) is 10.2 Å². The second-order valence-corrected chi connectivity index (χ2v) is 17.4. The number of aromatic nitrogens is 8. The van der Waals surface area contributed by atoms with Gasteiger partial charge in [-0.15, -0.1) is 0 Å². The number of sulfone groups is 2. The normalized spacial score (nSPS) is 11.5. The summed E-state index contributed by atoms with van der Waals surface area (Å²) in [6, 6.07) is 12.9. The molecule has 0 aliphatic heterocycles. The molecular weight excluding hydrogens is 781 g/mol. The van der Waals surface area contributed by atoms with Crippen molar-refractivity contribution < 1.29 is 16.8 Å². The fraction of sp³-hybridized carbons (Fsp3) is 0.421. The maximum atomic E-state index is 13.0. The van der Waals surface area contributed by atoms with Gasteiger partial charge in [-0.05, 0) is 72.2 Å². The summed E-state index contributed by atoms with van der Waals surface area (Å²) in [6.45, 7) is 9.37. The Kier molecular flexibility index (Phi) is 14.9. The van der Waals surface area contributed by atoms with Crippen LogP contribution in [-0.2, 0) is 32.8 Å². The fourth-order valence-corrected chi connectivity index (χ4v) is 8.27. The third kappa shape index (κ3) is 10.3. The molecule has 0 saturated carbocycles. The lowest BCUT2D eigenvalue weighted by molar-refractivity contribution is 0.571. The van der Waals surface area contributed by atoms with Crippen molar-refractivity contribution in [3.05, 3.63) is 93.2 Å². The van der Waals surface area contributed by atoms with E-state index in [0.29, 0.717) is 35.4 Å². The standard InChI is InChI=1S/2C19H23N7O2S/c2*1-3-4-5-6-7-12-26-13-21-16-17(24-25-20)22-19(23-18(16)26)29(27,28)15-10-8-14(2)9-11-15/h2*8-11,13H,3-7,12H2,1-2H3. The number of aryl methyl sites for hydroxylation is 4. The van der Waals surface area contributed by atoms with Gasteiger partial charge >= 0.3 is 0 Å². The monoisotopic (exact) mass is 826 g/mol. The summed E-state index contributed by atoms with van der Waals surface area (Å²) in [5, 5.41) is 6.28. The van der Waals surface area contributed by atoms with Crippen LogP contribution in [0.25, 0.3) is 43.2 Å². The second-order valence-electron chi connectivity index (χ2n) is 13.7. The van der Waals surface area contributed by atoms with Gasteiger partial charge in [0.15, 0.2) is 22.9 Å². The zero-order chi connectivity index (χ0) is 41.7. The smallest absolute Gasteiger partial charge is 0.254 e. The predicted molar refractivity (Wildman–Crippen MR) is 219 cm³/mol. The lowest BCUT2D eigenvalue weighted by Crippen LogP contribution is -2.09. The molecule has 20 heteroatoms. The van der Waals surface area contributed by atoms with Crippen molar-refractivity contribution in [3.63, 3.8) is 0 Å². The average molecular weight is 827 g/mol. The molecule has 58 heavy (non-hydrogen) atoms. The van der Waals surface area contributed by atoms with Gasteiger partial charge in [0.05, 0.1) is 22.4 Å². The van der Waals surface area contributed by atoms with Crippen LogP contribution < -0.4 is 0 Å². The number of hydrogen-bond acceptors (Lipinski definition) is 12. The molecule has 0 amide bonds. The minimum Gasteiger partial charge on any atom is -0.315 e. The molecule has 0 saturated heterocycles. The van der Waals surface area contributed by atoms with Crippen molar-refractivity contribution in [1.82, 2.24) is 39.0 Å². The van der Waals surface area contributed by atoms with E-state index in [1.54, 1.807) is 46.1 Å². The number of hydrogen-bond donors (Lipinski definition) is 0. The van der Waals surface area contributed by atoms with Gasteiger partial charge in [0.25, 0.3) is 10.3 Å². The van der Waals surface area contributed by atoms with E-state index in [1.165, 1.54) is 37.1 Å². The Labute approximate surface area is 336 Å². The molecule has 0 radical (unpaired) electrons. The average Bonchev–Trinajstić information content (AvgIpc) is 3.83. The van der Waals surface area contributed by atoms with E-state index in [2.05, 4.69) is 63.8 Å². The van der Waals surface area contributed by atoms with Gasteiger partial charge in [-0.2, -0.15) is 9.97 Å². The van der Waals surface area contributed by atoms with Crippen molar-refractivity contribution in [2.45, 2.75) is 125 Å². The quantitative estimate of drug-likeness (QED) is 0.0260. The summed E-state index contributed by atoms with van der Waals surface area (Å²) < 4.78 is 55.7. The number of azide groups is 2. The second kappa shape index (κ2) is 20.0. The molecule has 0 N–H and O–H groups in total. The van der Waals surface area contributed by atoms with Gasteiger partial charge in [0.2, 0.25) is 19.7 Å². The van der Waals surface area contributed by atoms with E-state index in [4.69, 9.17) is 11.1 Å². The molecule has 0 atom stereocenters. The molecule has 0 aliphatic carbocycles. The highest BCUT2D eigenvalue weighted by Crippen LogP contribution is 2.28. The molecule has 0 bridgehead atoms. The first-order valence-corrected chi connectivity index (χ1v) is 22.1. The third-order valence-electron chi connectivity index (χ3n) is 9.28. The Bertz CT molecular complexity index is 2480. The molecule has 2 aromatic carbocycles. The van der Waals surface area contributed by atoms with E-state index in [9.17, 15) is 16.8 Å². The van der Waals surface area contributed by atoms with Crippen LogP contribution in [0.15, 0.2) is 91.5 Å². The van der Waals surface area contributed by atoms with Gasteiger partial charge in [0, 0.05) is 22.9 Å². The van der Waals surface area contributed by atoms with Crippen LogP contribution in [0.5, 0.6) is 0 Å². The van der Waals surface area contributed by atoms with Crippen LogP contribution in [0.4, 0.5) is 11.6 Å². The van der Waals surface area contributed by atoms with Gasteiger partial charge in [0.1, 0.15) is 11.0 Å². The number of nitrogens with zero attached hydrogens (tertiary/aromatic N) is 14. The maximum Gasteiger partial charge on any atom is 0.254 e. The molecule has 0 unspecified atom stereocenters. The van der Waals surface area contributed by atoms with Crippen LogP contribution in [0.2, 0.25) is 0 Å². The van der Waals surface area contributed by atoms with Crippen LogP contribution in [0, 0.1) is 13.8 Å². The number of imidazole rings is 2. The predicted octanol–water partition coefficient (Wildman–Crippen LogP) is 9.76. The molecule has 4 heterocycles. The highest BCUT2D eigenvalue weighted by molar-refractivity contribution is 7.91. The molecular formula is C38H46N14O4S2. The van der Waals surface area contributed by atoms with Crippen molar-refractivity contribution in [2.75, 3.05) is 0 Å². The Morgan fingerprint density at radius 3 is 1.26 bits per heavy atom. The first-order valence-electron chi connectivity index (χ1n) is 19.1. The molecule has 6 aromatic rings. The minimum absolute atomic E-state index is 0.0833. The summed E-state index contributed by atoms with van der Waals surface area (Å²) in [5.41, 5.74) is 20.9. The number of fused-ring (bicyclic) bond motifs is 2. The van der Waals surface area contributed by atoms with Crippen LogP contribution >= 0.6 is 0 Å². The number of benzene rings is 2. The van der Waals surface area contributed by atoms with Gasteiger partial charge in [-0.1, -0.05) is 101 Å². The highest BCUT2D eigenvalue weighted by atomic mass is 32.2. The van der Waals surface area contributed by atoms with E-state index in [-0.39, 0.29) is 21.4 Å². The van der Waals surface area contributed by atoms with Gasteiger partial charge in [-0.25, -0.2) is 36.8 Å². The van der Waals surface area contributed by atoms with Crippen molar-refractivity contribution in [3.8, 4) is 0 Å². The van der Waals surface area contributed by atoms with Crippen LogP contribution in [0.3, 0.4) is 0 Å². The molecule has 18 nitrogen and oxygen atoms in total. The first-order chi connectivity index (χ1) is 27.9. The summed E-state index contributed by atoms with van der Waals surface area (Å²) in [4.78, 5) is 30.7. The summed E-state index contributed by atoms with van der Waals surface area (Å²) >= 11 is 0. The van der Waals surface area contributed by atoms with E-state index in [0.717, 1.165) is 62.5 Å². The summed E-state index contributed by atoms with van der Waals surface area (Å²) in [7, 11) is -7.92. The van der Waals surface area contributed by atoms with E-state index >= 15 is 0 Å². The number of unbranched alkanes of at least 4 members (excludes halogenated alkanes) is 8. The molecule has 0 fully saturated rings. The van der Waals surface area contributed by atoms with Crippen molar-refractivity contribution in [1.29, 1.82) is 0 Å². The maximum absolute atomic E-state index is 13.0. The Hall–Kier alpha value is -5.94. The summed E-state index contributed by atoms with van der Waals surface area (Å²) in [5.74, 6) is -0.180. The molecule has 0 spiro atoms. The SMILES string of the molecule is CCCCCCCn1cnc2c(N=[N+]=[N-])nc(S(=O)(=O)c3ccc(C)cc3)nc21.CCCCCCCn1cnc2c(N=[N+]=[N-])nc(S(=O)(=O)c3ccc(C)cc3)nc21. The van der Waals surface area contributed by atoms with E-state index in [1.807, 2.05) is 13.8 Å². The molecule has 6 rings (SSSR count). The van der Waals surface area contributed by atoms with Crippen molar-refractivity contribution >= 4 is 53.6 Å². The fourth-order valence-electron chi connectivity index (χ4n) is 6.03. The first kappa shape index (κ1) is 43.2. The third-order valence-corrected chi connectivity index (χ3v) is 12.4. The molecule has 304 valence electrons. The Morgan fingerprint density at radius 1 is 0.552 bits per heavy atom. The van der Waals surface area contributed by atoms with E-state index < -0.39 is 30.0 Å². The molecule has 0 aliphatic rings. The Morgan fingerprint density at radius 2 is 0.914 bits per heavy atom. The van der Waals surface area contributed by atoms with Crippen LogP contribution in [0.1, 0.15) is 89.2 Å². The largest absolute Gasteiger partial charge is 0.315 e. The minimum atomic E-state index is -3.96. The summed E-state index contributed by atoms with van der Waals surface area (Å²) in [6.07, 6.45) is 14.1. The molecule has 4 aromatic heterocycles. The van der Waals surface area contributed by atoms with Gasteiger partial charge in [-0.3, -0.25) is 0 Å². The van der Waals surface area contributed by atoms with Gasteiger partial charge < -0.3 is 9.13 Å². The highest BCUT2D eigenvalue weighted by Gasteiger charge is 2.26.